The summed E-state index contributed by atoms with van der Waals surface area (Å²) in [5, 5.41) is 25.3. The Bertz CT molecular complexity index is 1240. The molecule has 4 N–H and O–H groups in total. The van der Waals surface area contributed by atoms with Gasteiger partial charge < -0.3 is 20.7 Å². The SMILES string of the molecule is O=C(N[C@@H](CC1CC1)B(O)O)[C@H](Cc1ccccc1)CS(=O)(=O)c1ccc(Nc2ccccn2)cc1. The molecule has 8 nitrogen and oxygen atoms in total. The van der Waals surface area contributed by atoms with E-state index in [2.05, 4.69) is 15.6 Å². The van der Waals surface area contributed by atoms with Gasteiger partial charge in [0, 0.05) is 11.9 Å². The summed E-state index contributed by atoms with van der Waals surface area (Å²) in [4.78, 5) is 17.5. The first kappa shape index (κ1) is 25.9. The van der Waals surface area contributed by atoms with Crippen LogP contribution in [-0.2, 0) is 21.1 Å². The van der Waals surface area contributed by atoms with E-state index in [-0.39, 0.29) is 11.3 Å². The van der Waals surface area contributed by atoms with Gasteiger partial charge in [-0.25, -0.2) is 13.4 Å². The van der Waals surface area contributed by atoms with Crippen LogP contribution in [0.25, 0.3) is 0 Å². The number of aromatic nitrogens is 1. The van der Waals surface area contributed by atoms with Crippen molar-refractivity contribution in [3.63, 3.8) is 0 Å². The Morgan fingerprint density at radius 3 is 2.31 bits per heavy atom. The van der Waals surface area contributed by atoms with Gasteiger partial charge in [-0.1, -0.05) is 49.2 Å². The molecule has 1 fully saturated rings. The lowest BCUT2D eigenvalue weighted by molar-refractivity contribution is -0.124. The Morgan fingerprint density at radius 1 is 1.00 bits per heavy atom. The van der Waals surface area contributed by atoms with Crippen molar-refractivity contribution in [2.45, 2.75) is 36.5 Å². The Labute approximate surface area is 211 Å². The maximum atomic E-state index is 13.3. The zero-order chi connectivity index (χ0) is 25.5. The molecule has 2 atom stereocenters. The summed E-state index contributed by atoms with van der Waals surface area (Å²) < 4.78 is 26.6. The third-order valence-corrected chi connectivity index (χ3v) is 8.07. The second kappa shape index (κ2) is 11.7. The van der Waals surface area contributed by atoms with Crippen molar-refractivity contribution in [3.05, 3.63) is 84.6 Å². The van der Waals surface area contributed by atoms with E-state index >= 15 is 0 Å². The lowest BCUT2D eigenvalue weighted by Crippen LogP contribution is -2.50. The van der Waals surface area contributed by atoms with E-state index < -0.39 is 40.5 Å². The number of anilines is 2. The molecule has 10 heteroatoms. The maximum Gasteiger partial charge on any atom is 0.475 e. The van der Waals surface area contributed by atoms with Crippen LogP contribution in [0.4, 0.5) is 11.5 Å². The van der Waals surface area contributed by atoms with Gasteiger partial charge in [-0.2, -0.15) is 0 Å². The number of nitrogens with zero attached hydrogens (tertiary/aromatic N) is 1. The molecule has 0 radical (unpaired) electrons. The van der Waals surface area contributed by atoms with Crippen molar-refractivity contribution >= 4 is 34.4 Å². The molecule has 36 heavy (non-hydrogen) atoms. The molecule has 1 aliphatic rings. The summed E-state index contributed by atoms with van der Waals surface area (Å²) in [5.41, 5.74) is 1.51. The summed E-state index contributed by atoms with van der Waals surface area (Å²) in [6, 6.07) is 21.0. The monoisotopic (exact) mass is 507 g/mol. The molecule has 0 bridgehead atoms. The van der Waals surface area contributed by atoms with E-state index in [9.17, 15) is 23.3 Å². The number of nitrogens with one attached hydrogen (secondary N) is 2. The van der Waals surface area contributed by atoms with Crippen LogP contribution in [0.2, 0.25) is 0 Å². The zero-order valence-electron chi connectivity index (χ0n) is 19.8. The van der Waals surface area contributed by atoms with Gasteiger partial charge in [0.05, 0.1) is 22.5 Å². The minimum Gasteiger partial charge on any atom is -0.426 e. The van der Waals surface area contributed by atoms with Gasteiger partial charge in [-0.3, -0.25) is 4.79 Å². The number of benzene rings is 2. The second-order valence-corrected chi connectivity index (χ2v) is 11.3. The van der Waals surface area contributed by atoms with E-state index in [4.69, 9.17) is 0 Å². The number of hydrogen-bond acceptors (Lipinski definition) is 7. The highest BCUT2D eigenvalue weighted by atomic mass is 32.2. The lowest BCUT2D eigenvalue weighted by Gasteiger charge is -2.22. The van der Waals surface area contributed by atoms with Crippen molar-refractivity contribution in [2.24, 2.45) is 11.8 Å². The lowest BCUT2D eigenvalue weighted by atomic mass is 9.76. The molecule has 1 amide bonds. The van der Waals surface area contributed by atoms with Gasteiger partial charge in [-0.15, -0.1) is 0 Å². The first-order valence-corrected chi connectivity index (χ1v) is 13.7. The Hall–Kier alpha value is -3.21. The number of pyridine rings is 1. The van der Waals surface area contributed by atoms with Gasteiger partial charge in [-0.05, 0) is 60.7 Å². The highest BCUT2D eigenvalue weighted by Crippen LogP contribution is 2.33. The van der Waals surface area contributed by atoms with Crippen LogP contribution in [-0.4, -0.2) is 48.2 Å². The van der Waals surface area contributed by atoms with Crippen molar-refractivity contribution < 1.29 is 23.3 Å². The standard InChI is InChI=1S/C26H30BN3O5S/c31-26(30-24(27(32)33)17-20-9-10-20)21(16-19-6-2-1-3-7-19)18-36(34,35)23-13-11-22(12-14-23)29-25-8-4-5-15-28-25/h1-8,11-15,20-21,24,32-33H,9-10,16-18H2,(H,28,29)(H,30,31)/t21-,24+/m1/s1. The Balaban J connectivity index is 1.50. The quantitative estimate of drug-likeness (QED) is 0.278. The first-order valence-electron chi connectivity index (χ1n) is 12.0. The number of hydrogen-bond donors (Lipinski definition) is 4. The van der Waals surface area contributed by atoms with E-state index in [0.29, 0.717) is 23.8 Å². The maximum absolute atomic E-state index is 13.3. The molecule has 188 valence electrons. The zero-order valence-corrected chi connectivity index (χ0v) is 20.6. The number of amides is 1. The normalized spacial score (nSPS) is 15.1. The van der Waals surface area contributed by atoms with Gasteiger partial charge in [0.25, 0.3) is 0 Å². The molecule has 1 aliphatic carbocycles. The van der Waals surface area contributed by atoms with E-state index in [1.54, 1.807) is 30.5 Å². The van der Waals surface area contributed by atoms with Gasteiger partial charge >= 0.3 is 7.12 Å². The number of carbonyl (C=O) groups is 1. The largest absolute Gasteiger partial charge is 0.475 e. The van der Waals surface area contributed by atoms with E-state index in [1.165, 1.54) is 12.1 Å². The summed E-state index contributed by atoms with van der Waals surface area (Å²) in [7, 11) is -5.52. The summed E-state index contributed by atoms with van der Waals surface area (Å²) in [6.45, 7) is 0. The molecule has 2 aromatic carbocycles. The van der Waals surface area contributed by atoms with Crippen LogP contribution in [0.1, 0.15) is 24.8 Å². The number of sulfone groups is 1. The van der Waals surface area contributed by atoms with Crippen LogP contribution < -0.4 is 10.6 Å². The Kier molecular flexibility index (Phi) is 8.40. The van der Waals surface area contributed by atoms with Crippen molar-refractivity contribution in [2.75, 3.05) is 11.1 Å². The fourth-order valence-corrected chi connectivity index (χ4v) is 5.63. The minimum absolute atomic E-state index is 0.108. The summed E-state index contributed by atoms with van der Waals surface area (Å²) >= 11 is 0. The molecular formula is C26H30BN3O5S. The number of rotatable bonds is 12. The second-order valence-electron chi connectivity index (χ2n) is 9.24. The molecule has 1 aromatic heterocycles. The fraction of sp³-hybridized carbons (Fsp3) is 0.308. The van der Waals surface area contributed by atoms with Gasteiger partial charge in [0.2, 0.25) is 5.91 Å². The predicted octanol–water partition coefficient (Wildman–Crippen LogP) is 2.75. The molecule has 0 unspecified atom stereocenters. The smallest absolute Gasteiger partial charge is 0.426 e. The fourth-order valence-electron chi connectivity index (χ4n) is 4.09. The molecule has 0 aliphatic heterocycles. The van der Waals surface area contributed by atoms with Crippen molar-refractivity contribution in [3.8, 4) is 0 Å². The average Bonchev–Trinajstić information content (AvgIpc) is 3.69. The topological polar surface area (TPSA) is 129 Å². The van der Waals surface area contributed by atoms with E-state index in [0.717, 1.165) is 18.4 Å². The third kappa shape index (κ3) is 7.40. The molecule has 0 spiro atoms. The predicted molar refractivity (Wildman–Crippen MR) is 139 cm³/mol. The molecule has 1 saturated carbocycles. The van der Waals surface area contributed by atoms with Crippen LogP contribution >= 0.6 is 0 Å². The van der Waals surface area contributed by atoms with Crippen molar-refractivity contribution in [1.82, 2.24) is 10.3 Å². The van der Waals surface area contributed by atoms with Crippen LogP contribution in [0.15, 0.2) is 83.9 Å². The average molecular weight is 507 g/mol. The summed E-state index contributed by atoms with van der Waals surface area (Å²) in [6.07, 6.45) is 4.31. The molecule has 1 heterocycles. The first-order chi connectivity index (χ1) is 17.3. The number of carbonyl (C=O) groups excluding carboxylic acids is 1. The molecule has 0 saturated heterocycles. The van der Waals surface area contributed by atoms with Crippen LogP contribution in [0, 0.1) is 11.8 Å². The van der Waals surface area contributed by atoms with Crippen molar-refractivity contribution in [1.29, 1.82) is 0 Å². The van der Waals surface area contributed by atoms with Gasteiger partial charge in [0.1, 0.15) is 5.82 Å². The molecular weight excluding hydrogens is 477 g/mol. The van der Waals surface area contributed by atoms with Crippen LogP contribution in [0.3, 0.4) is 0 Å². The molecule has 3 aromatic rings. The van der Waals surface area contributed by atoms with Gasteiger partial charge in [0.15, 0.2) is 9.84 Å². The highest BCUT2D eigenvalue weighted by Gasteiger charge is 2.35. The Morgan fingerprint density at radius 2 is 1.69 bits per heavy atom. The van der Waals surface area contributed by atoms with Crippen LogP contribution in [0.5, 0.6) is 0 Å². The highest BCUT2D eigenvalue weighted by molar-refractivity contribution is 7.91. The third-order valence-electron chi connectivity index (χ3n) is 6.24. The minimum atomic E-state index is -3.81. The molecule has 4 rings (SSSR count). The van der Waals surface area contributed by atoms with E-state index in [1.807, 2.05) is 36.4 Å². The summed E-state index contributed by atoms with van der Waals surface area (Å²) in [5.74, 6) is -1.65.